The average Bonchev–Trinajstić information content (AvgIpc) is 3.09. The molecule has 3 N–H and O–H groups in total. The molecule has 0 atom stereocenters. The zero-order valence-corrected chi connectivity index (χ0v) is 20.0. The number of hydrogen-bond donors (Lipinski definition) is 3. The lowest BCUT2D eigenvalue weighted by molar-refractivity contribution is -0.127. The van der Waals surface area contributed by atoms with Crippen molar-refractivity contribution in [2.75, 3.05) is 38.0 Å². The molecule has 1 heterocycles. The Labute approximate surface area is 195 Å². The van der Waals surface area contributed by atoms with Crippen molar-refractivity contribution in [3.63, 3.8) is 0 Å². The summed E-state index contributed by atoms with van der Waals surface area (Å²) in [5.41, 5.74) is 0.744. The van der Waals surface area contributed by atoms with Crippen LogP contribution in [0.25, 0.3) is 0 Å². The van der Waals surface area contributed by atoms with Crippen LogP contribution in [-0.4, -0.2) is 55.4 Å². The quantitative estimate of drug-likeness (QED) is 0.186. The third kappa shape index (κ3) is 10.2. The van der Waals surface area contributed by atoms with Crippen LogP contribution in [0.1, 0.15) is 39.0 Å². The van der Waals surface area contributed by atoms with Gasteiger partial charge in [0.25, 0.3) is 0 Å². The molecule has 1 saturated heterocycles. The molecule has 1 fully saturated rings. The number of carbonyl (C=O) groups is 2. The van der Waals surface area contributed by atoms with E-state index in [1.54, 1.807) is 24.3 Å². The van der Waals surface area contributed by atoms with E-state index in [4.69, 9.17) is 11.6 Å². The third-order valence-electron chi connectivity index (χ3n) is 4.37. The molecule has 0 unspecified atom stereocenters. The highest BCUT2D eigenvalue weighted by Gasteiger charge is 2.18. The van der Waals surface area contributed by atoms with Crippen molar-refractivity contribution in [1.29, 1.82) is 0 Å². The van der Waals surface area contributed by atoms with Crippen molar-refractivity contribution in [1.82, 2.24) is 15.5 Å². The topological polar surface area (TPSA) is 85.8 Å². The maximum atomic E-state index is 12.0. The largest absolute Gasteiger partial charge is 0.357 e. The Kier molecular flexibility index (Phi) is 12.7. The van der Waals surface area contributed by atoms with Crippen LogP contribution in [-0.2, 0) is 9.59 Å². The molecule has 1 aliphatic rings. The van der Waals surface area contributed by atoms with E-state index >= 15 is 0 Å². The van der Waals surface area contributed by atoms with Gasteiger partial charge in [0.1, 0.15) is 0 Å². The lowest BCUT2D eigenvalue weighted by Gasteiger charge is -2.15. The molecular weight excluding hydrogens is 505 g/mol. The summed E-state index contributed by atoms with van der Waals surface area (Å²) in [6, 6.07) is 7.06. The van der Waals surface area contributed by atoms with Crippen LogP contribution in [0.4, 0.5) is 5.69 Å². The lowest BCUT2D eigenvalue weighted by atomic mass is 10.2. The van der Waals surface area contributed by atoms with Gasteiger partial charge < -0.3 is 20.9 Å². The predicted molar refractivity (Wildman–Crippen MR) is 129 cm³/mol. The molecule has 1 aliphatic heterocycles. The van der Waals surface area contributed by atoms with Gasteiger partial charge in [-0.3, -0.25) is 14.6 Å². The number of benzene rings is 1. The van der Waals surface area contributed by atoms with E-state index in [1.807, 2.05) is 11.8 Å². The van der Waals surface area contributed by atoms with Crippen LogP contribution in [0.5, 0.6) is 0 Å². The van der Waals surface area contributed by atoms with Gasteiger partial charge in [-0.1, -0.05) is 11.6 Å². The molecule has 0 bridgehead atoms. The van der Waals surface area contributed by atoms with E-state index in [9.17, 15) is 9.59 Å². The molecule has 0 spiro atoms. The number of anilines is 1. The van der Waals surface area contributed by atoms with Crippen LogP contribution in [0.3, 0.4) is 0 Å². The zero-order valence-electron chi connectivity index (χ0n) is 16.9. The number of amides is 2. The Morgan fingerprint density at radius 3 is 2.62 bits per heavy atom. The molecule has 162 valence electrons. The first-order valence-corrected chi connectivity index (χ1v) is 10.3. The number of halogens is 2. The van der Waals surface area contributed by atoms with E-state index < -0.39 is 0 Å². The fourth-order valence-electron chi connectivity index (χ4n) is 2.95. The SMILES string of the molecule is CCNC(=NCCCN1CCCC1=O)NCCCC(=O)Nc1ccc(Cl)cc1.I. The summed E-state index contributed by atoms with van der Waals surface area (Å²) < 4.78 is 0. The van der Waals surface area contributed by atoms with Crippen molar-refractivity contribution in [2.45, 2.75) is 39.0 Å². The molecular formula is C20H31ClIN5O2. The van der Waals surface area contributed by atoms with Crippen molar-refractivity contribution < 1.29 is 9.59 Å². The highest BCUT2D eigenvalue weighted by atomic mass is 127. The van der Waals surface area contributed by atoms with Gasteiger partial charge in [-0.2, -0.15) is 0 Å². The summed E-state index contributed by atoms with van der Waals surface area (Å²) in [6.45, 7) is 5.75. The summed E-state index contributed by atoms with van der Waals surface area (Å²) >= 11 is 5.84. The molecule has 2 amide bonds. The Bertz CT molecular complexity index is 669. The third-order valence-corrected chi connectivity index (χ3v) is 4.62. The minimum atomic E-state index is -0.0265. The molecule has 9 heteroatoms. The fourth-order valence-corrected chi connectivity index (χ4v) is 3.07. The van der Waals surface area contributed by atoms with E-state index in [-0.39, 0.29) is 35.8 Å². The van der Waals surface area contributed by atoms with E-state index in [0.717, 1.165) is 44.1 Å². The fraction of sp³-hybridized carbons (Fsp3) is 0.550. The maximum absolute atomic E-state index is 12.0. The van der Waals surface area contributed by atoms with Crippen molar-refractivity contribution >= 4 is 59.0 Å². The summed E-state index contributed by atoms with van der Waals surface area (Å²) in [4.78, 5) is 30.0. The minimum absolute atomic E-state index is 0. The Hall–Kier alpha value is -1.55. The van der Waals surface area contributed by atoms with Crippen LogP contribution >= 0.6 is 35.6 Å². The molecule has 1 aromatic carbocycles. The summed E-state index contributed by atoms with van der Waals surface area (Å²) in [7, 11) is 0. The molecule has 29 heavy (non-hydrogen) atoms. The van der Waals surface area contributed by atoms with Crippen molar-refractivity contribution in [2.24, 2.45) is 4.99 Å². The normalized spacial score (nSPS) is 13.8. The molecule has 0 aromatic heterocycles. The summed E-state index contributed by atoms with van der Waals surface area (Å²) in [5.74, 6) is 0.973. The van der Waals surface area contributed by atoms with Crippen LogP contribution in [0.2, 0.25) is 5.02 Å². The van der Waals surface area contributed by atoms with E-state index in [2.05, 4.69) is 20.9 Å². The number of guanidine groups is 1. The van der Waals surface area contributed by atoms with Crippen LogP contribution < -0.4 is 16.0 Å². The number of nitrogens with zero attached hydrogens (tertiary/aromatic N) is 2. The second-order valence-electron chi connectivity index (χ2n) is 6.68. The van der Waals surface area contributed by atoms with Crippen LogP contribution in [0.15, 0.2) is 29.3 Å². The molecule has 0 aliphatic carbocycles. The van der Waals surface area contributed by atoms with E-state index in [0.29, 0.717) is 37.4 Å². The highest BCUT2D eigenvalue weighted by Crippen LogP contribution is 2.13. The average molecular weight is 536 g/mol. The number of aliphatic imine (C=N–C) groups is 1. The maximum Gasteiger partial charge on any atom is 0.224 e. The Balaban J connectivity index is 0.00000420. The van der Waals surface area contributed by atoms with Gasteiger partial charge in [-0.15, -0.1) is 24.0 Å². The number of hydrogen-bond acceptors (Lipinski definition) is 3. The molecule has 0 saturated carbocycles. The minimum Gasteiger partial charge on any atom is -0.357 e. The number of carbonyl (C=O) groups excluding carboxylic acids is 2. The van der Waals surface area contributed by atoms with Gasteiger partial charge in [0.05, 0.1) is 0 Å². The Morgan fingerprint density at radius 2 is 1.97 bits per heavy atom. The monoisotopic (exact) mass is 535 g/mol. The second-order valence-corrected chi connectivity index (χ2v) is 7.12. The molecule has 2 rings (SSSR count). The van der Waals surface area contributed by atoms with Gasteiger partial charge >= 0.3 is 0 Å². The van der Waals surface area contributed by atoms with Crippen molar-refractivity contribution in [3.8, 4) is 0 Å². The predicted octanol–water partition coefficient (Wildman–Crippen LogP) is 3.24. The lowest BCUT2D eigenvalue weighted by Crippen LogP contribution is -2.38. The van der Waals surface area contributed by atoms with Gasteiger partial charge in [0, 0.05) is 56.3 Å². The zero-order chi connectivity index (χ0) is 20.2. The first kappa shape index (κ1) is 25.5. The first-order chi connectivity index (χ1) is 13.6. The van der Waals surface area contributed by atoms with Crippen molar-refractivity contribution in [3.05, 3.63) is 29.3 Å². The van der Waals surface area contributed by atoms with Gasteiger partial charge in [-0.25, -0.2) is 0 Å². The first-order valence-electron chi connectivity index (χ1n) is 9.94. The highest BCUT2D eigenvalue weighted by molar-refractivity contribution is 14.0. The van der Waals surface area contributed by atoms with Gasteiger partial charge in [0.15, 0.2) is 5.96 Å². The standard InChI is InChI=1S/C20H30ClN5O2.HI/c1-2-22-20(24-13-5-15-26-14-4-7-19(26)28)23-12-3-6-18(27)25-17-10-8-16(21)9-11-17;/h8-11H,2-7,12-15H2,1H3,(H,25,27)(H2,22,23,24);1H. The Morgan fingerprint density at radius 1 is 1.21 bits per heavy atom. The summed E-state index contributed by atoms with van der Waals surface area (Å²) in [5, 5.41) is 9.94. The van der Waals surface area contributed by atoms with E-state index in [1.165, 1.54) is 0 Å². The van der Waals surface area contributed by atoms with Gasteiger partial charge in [0.2, 0.25) is 11.8 Å². The molecule has 1 aromatic rings. The smallest absolute Gasteiger partial charge is 0.224 e. The number of nitrogens with one attached hydrogen (secondary N) is 3. The van der Waals surface area contributed by atoms with Gasteiger partial charge in [-0.05, 0) is 50.5 Å². The summed E-state index contributed by atoms with van der Waals surface area (Å²) in [6.07, 6.45) is 3.63. The second kappa shape index (κ2) is 14.4. The van der Waals surface area contributed by atoms with Crippen LogP contribution in [0, 0.1) is 0 Å². The number of likely N-dealkylation sites (tertiary alicyclic amines) is 1. The molecule has 0 radical (unpaired) electrons. The molecule has 7 nitrogen and oxygen atoms in total. The number of rotatable bonds is 10.